The molecule has 0 radical (unpaired) electrons. The van der Waals surface area contributed by atoms with Crippen LogP contribution in [0.4, 0.5) is 0 Å². The number of carbonyl (C=O) groups is 2. The summed E-state index contributed by atoms with van der Waals surface area (Å²) in [5.41, 5.74) is 3.53. The highest BCUT2D eigenvalue weighted by Gasteiger charge is 2.32. The Bertz CT molecular complexity index is 1590. The van der Waals surface area contributed by atoms with E-state index >= 15 is 0 Å². The number of rotatable bonds is 5. The monoisotopic (exact) mass is 653 g/mol. The number of likely N-dealkylation sites (tertiary alicyclic amines) is 1. The number of aromatic nitrogens is 2. The number of hydrogen-bond donors (Lipinski definition) is 0. The van der Waals surface area contributed by atoms with Crippen LogP contribution in [0.3, 0.4) is 0 Å². The molecule has 212 valence electrons. The molecular weight excluding hydrogens is 625 g/mol. The highest BCUT2D eigenvalue weighted by atomic mass is 79.9. The van der Waals surface area contributed by atoms with Crippen molar-refractivity contribution in [3.05, 3.63) is 92.6 Å². The third-order valence-electron chi connectivity index (χ3n) is 8.06. The number of halogens is 3. The van der Waals surface area contributed by atoms with Crippen LogP contribution in [0.15, 0.2) is 71.2 Å². The minimum absolute atomic E-state index is 0.000211. The lowest BCUT2D eigenvalue weighted by atomic mass is 9.95. The molecule has 2 fully saturated rings. The number of piperazine rings is 1. The highest BCUT2D eigenvalue weighted by molar-refractivity contribution is 9.10. The molecule has 41 heavy (non-hydrogen) atoms. The SMILES string of the molecule is O=C(c1cccc(Cl)c1Cl)N1CCN(C(=O)C2CCN(Cc3nc4ccccc4n3-c3cccc(Br)c3)CC2)CC1. The number of hydrogen-bond acceptors (Lipinski definition) is 4. The normalized spacial score (nSPS) is 16.9. The third kappa shape index (κ3) is 5.89. The summed E-state index contributed by atoms with van der Waals surface area (Å²) in [6.07, 6.45) is 1.63. The van der Waals surface area contributed by atoms with E-state index in [0.717, 1.165) is 59.5 Å². The summed E-state index contributed by atoms with van der Waals surface area (Å²) in [4.78, 5) is 37.4. The first-order chi connectivity index (χ1) is 19.9. The van der Waals surface area contributed by atoms with Crippen molar-refractivity contribution in [3.63, 3.8) is 0 Å². The van der Waals surface area contributed by atoms with Crippen molar-refractivity contribution in [2.24, 2.45) is 5.92 Å². The predicted octanol–water partition coefficient (Wildman–Crippen LogP) is 6.29. The zero-order valence-electron chi connectivity index (χ0n) is 22.5. The van der Waals surface area contributed by atoms with Crippen LogP contribution in [0, 0.1) is 5.92 Å². The standard InChI is InChI=1S/C31H30BrCl2N5O2/c32-22-5-3-6-23(19-22)39-27-10-2-1-9-26(27)35-28(39)20-36-13-11-21(12-14-36)30(40)37-15-17-38(18-16-37)31(41)24-7-4-8-25(33)29(24)34/h1-10,19,21H,11-18,20H2. The van der Waals surface area contributed by atoms with Gasteiger partial charge in [0.1, 0.15) is 5.82 Å². The fourth-order valence-electron chi connectivity index (χ4n) is 5.85. The Hall–Kier alpha value is -2.91. The average molecular weight is 655 g/mol. The minimum Gasteiger partial charge on any atom is -0.339 e. The molecule has 2 amide bonds. The van der Waals surface area contributed by atoms with E-state index < -0.39 is 0 Å². The number of amides is 2. The van der Waals surface area contributed by atoms with Gasteiger partial charge in [-0.1, -0.05) is 63.4 Å². The number of fused-ring (bicyclic) bond motifs is 1. The molecule has 10 heteroatoms. The number of benzene rings is 3. The Morgan fingerprint density at radius 3 is 2.32 bits per heavy atom. The van der Waals surface area contributed by atoms with Gasteiger partial charge in [0.25, 0.3) is 5.91 Å². The Kier molecular flexibility index (Phi) is 8.35. The summed E-state index contributed by atoms with van der Waals surface area (Å²) in [5.74, 6) is 1.04. The number of piperidine rings is 1. The smallest absolute Gasteiger partial charge is 0.255 e. The number of imidazole rings is 1. The molecule has 0 aliphatic carbocycles. The molecule has 6 rings (SSSR count). The third-order valence-corrected chi connectivity index (χ3v) is 9.37. The lowest BCUT2D eigenvalue weighted by Gasteiger charge is -2.38. The number of para-hydroxylation sites is 2. The molecule has 2 aliphatic rings. The molecule has 4 aromatic rings. The van der Waals surface area contributed by atoms with Crippen LogP contribution in [0.2, 0.25) is 10.0 Å². The van der Waals surface area contributed by atoms with Crippen LogP contribution in [-0.4, -0.2) is 75.3 Å². The van der Waals surface area contributed by atoms with E-state index in [4.69, 9.17) is 28.2 Å². The first kappa shape index (κ1) is 28.2. The summed E-state index contributed by atoms with van der Waals surface area (Å²) in [7, 11) is 0. The van der Waals surface area contributed by atoms with Crippen LogP contribution in [0.25, 0.3) is 16.7 Å². The average Bonchev–Trinajstić information content (AvgIpc) is 3.36. The van der Waals surface area contributed by atoms with Crippen molar-refractivity contribution in [3.8, 4) is 5.69 Å². The van der Waals surface area contributed by atoms with Crippen molar-refractivity contribution in [2.45, 2.75) is 19.4 Å². The second-order valence-electron chi connectivity index (χ2n) is 10.6. The second kappa shape index (κ2) is 12.1. The summed E-state index contributed by atoms with van der Waals surface area (Å²) in [6.45, 7) is 4.41. The lowest BCUT2D eigenvalue weighted by Crippen LogP contribution is -2.53. The summed E-state index contributed by atoms with van der Waals surface area (Å²) in [5, 5.41) is 0.639. The summed E-state index contributed by atoms with van der Waals surface area (Å²) < 4.78 is 3.26. The summed E-state index contributed by atoms with van der Waals surface area (Å²) in [6, 6.07) is 21.6. The zero-order valence-corrected chi connectivity index (χ0v) is 25.6. The minimum atomic E-state index is -0.146. The fourth-order valence-corrected chi connectivity index (χ4v) is 6.62. The van der Waals surface area contributed by atoms with Crippen molar-refractivity contribution >= 4 is 62.0 Å². The van der Waals surface area contributed by atoms with E-state index in [0.29, 0.717) is 36.8 Å². The van der Waals surface area contributed by atoms with Gasteiger partial charge in [0, 0.05) is 42.3 Å². The van der Waals surface area contributed by atoms with Gasteiger partial charge in [-0.15, -0.1) is 0 Å². The molecule has 3 aromatic carbocycles. The van der Waals surface area contributed by atoms with E-state index in [1.165, 1.54) is 0 Å². The summed E-state index contributed by atoms with van der Waals surface area (Å²) >= 11 is 16.0. The van der Waals surface area contributed by atoms with Gasteiger partial charge in [0.05, 0.1) is 33.2 Å². The van der Waals surface area contributed by atoms with Crippen molar-refractivity contribution < 1.29 is 9.59 Å². The Labute approximate surface area is 257 Å². The fraction of sp³-hybridized carbons (Fsp3) is 0.323. The van der Waals surface area contributed by atoms with E-state index in [-0.39, 0.29) is 22.8 Å². The molecule has 0 N–H and O–H groups in total. The molecule has 1 aromatic heterocycles. The van der Waals surface area contributed by atoms with Crippen molar-refractivity contribution in [1.82, 2.24) is 24.3 Å². The van der Waals surface area contributed by atoms with Crippen LogP contribution in [0.1, 0.15) is 29.0 Å². The molecule has 2 saturated heterocycles. The maximum atomic E-state index is 13.4. The molecule has 0 atom stereocenters. The van der Waals surface area contributed by atoms with Crippen LogP contribution >= 0.6 is 39.1 Å². The molecular formula is C31H30BrCl2N5O2. The predicted molar refractivity (Wildman–Crippen MR) is 166 cm³/mol. The van der Waals surface area contributed by atoms with Crippen LogP contribution in [0.5, 0.6) is 0 Å². The van der Waals surface area contributed by atoms with Gasteiger partial charge in [-0.05, 0) is 68.4 Å². The van der Waals surface area contributed by atoms with E-state index in [2.05, 4.69) is 49.7 Å². The van der Waals surface area contributed by atoms with Crippen molar-refractivity contribution in [2.75, 3.05) is 39.3 Å². The molecule has 3 heterocycles. The molecule has 0 saturated carbocycles. The van der Waals surface area contributed by atoms with Gasteiger partial charge in [-0.3, -0.25) is 19.1 Å². The van der Waals surface area contributed by atoms with Gasteiger partial charge in [-0.2, -0.15) is 0 Å². The Balaban J connectivity index is 1.06. The quantitative estimate of drug-likeness (QED) is 0.254. The molecule has 0 unspecified atom stereocenters. The van der Waals surface area contributed by atoms with Gasteiger partial charge >= 0.3 is 0 Å². The van der Waals surface area contributed by atoms with Gasteiger partial charge in [0.2, 0.25) is 5.91 Å². The molecule has 7 nitrogen and oxygen atoms in total. The number of carbonyl (C=O) groups excluding carboxylic acids is 2. The van der Waals surface area contributed by atoms with Gasteiger partial charge in [-0.25, -0.2) is 4.98 Å². The molecule has 0 spiro atoms. The molecule has 0 bridgehead atoms. The number of nitrogens with zero attached hydrogens (tertiary/aromatic N) is 5. The second-order valence-corrected chi connectivity index (χ2v) is 12.3. The first-order valence-corrected chi connectivity index (χ1v) is 15.4. The van der Waals surface area contributed by atoms with E-state index in [1.807, 2.05) is 29.2 Å². The maximum Gasteiger partial charge on any atom is 0.255 e. The maximum absolute atomic E-state index is 13.4. The lowest BCUT2D eigenvalue weighted by molar-refractivity contribution is -0.138. The van der Waals surface area contributed by atoms with E-state index in [1.54, 1.807) is 23.1 Å². The Morgan fingerprint density at radius 2 is 1.56 bits per heavy atom. The van der Waals surface area contributed by atoms with Gasteiger partial charge in [0.15, 0.2) is 0 Å². The van der Waals surface area contributed by atoms with Crippen molar-refractivity contribution in [1.29, 1.82) is 0 Å². The van der Waals surface area contributed by atoms with Crippen LogP contribution in [-0.2, 0) is 11.3 Å². The van der Waals surface area contributed by atoms with E-state index in [9.17, 15) is 9.59 Å². The highest BCUT2D eigenvalue weighted by Crippen LogP contribution is 2.29. The topological polar surface area (TPSA) is 61.7 Å². The van der Waals surface area contributed by atoms with Gasteiger partial charge < -0.3 is 9.80 Å². The largest absolute Gasteiger partial charge is 0.339 e. The van der Waals surface area contributed by atoms with Crippen LogP contribution < -0.4 is 0 Å². The molecule has 2 aliphatic heterocycles. The Morgan fingerprint density at radius 1 is 0.854 bits per heavy atom. The zero-order chi connectivity index (χ0) is 28.5. The first-order valence-electron chi connectivity index (χ1n) is 13.9.